The highest BCUT2D eigenvalue weighted by Crippen LogP contribution is 2.42. The first-order chi connectivity index (χ1) is 15.5. The summed E-state index contributed by atoms with van der Waals surface area (Å²) in [6.45, 7) is 0.720. The van der Waals surface area contributed by atoms with Gasteiger partial charge in [0.25, 0.3) is 0 Å². The van der Waals surface area contributed by atoms with Crippen molar-refractivity contribution < 1.29 is 14.7 Å². The molecular formula is C25H27ClN2O3S. The minimum absolute atomic E-state index is 0.0432. The van der Waals surface area contributed by atoms with Crippen molar-refractivity contribution in [3.63, 3.8) is 0 Å². The van der Waals surface area contributed by atoms with Gasteiger partial charge in [-0.3, -0.25) is 9.59 Å². The van der Waals surface area contributed by atoms with Gasteiger partial charge in [0.15, 0.2) is 0 Å². The van der Waals surface area contributed by atoms with Gasteiger partial charge in [0.2, 0.25) is 5.91 Å². The van der Waals surface area contributed by atoms with Gasteiger partial charge >= 0.3 is 5.97 Å². The van der Waals surface area contributed by atoms with Crippen LogP contribution in [0.5, 0.6) is 0 Å². The van der Waals surface area contributed by atoms with Crippen LogP contribution in [-0.4, -0.2) is 39.5 Å². The summed E-state index contributed by atoms with van der Waals surface area (Å²) < 4.78 is 0. The number of thiophene rings is 1. The number of carbonyl (C=O) groups excluding carboxylic acids is 1. The van der Waals surface area contributed by atoms with Crippen LogP contribution in [0, 0.1) is 11.8 Å². The molecule has 2 aromatic heterocycles. The molecule has 1 aromatic carbocycles. The zero-order valence-electron chi connectivity index (χ0n) is 17.8. The van der Waals surface area contributed by atoms with Gasteiger partial charge in [0.05, 0.1) is 10.9 Å². The number of piperidine rings is 1. The fourth-order valence-corrected chi connectivity index (χ4v) is 7.02. The monoisotopic (exact) mass is 470 g/mol. The first-order valence-corrected chi connectivity index (χ1v) is 12.6. The van der Waals surface area contributed by atoms with E-state index in [4.69, 9.17) is 11.6 Å². The molecule has 1 saturated carbocycles. The Morgan fingerprint density at radius 3 is 2.84 bits per heavy atom. The number of nitrogens with zero attached hydrogens (tertiary/aromatic N) is 1. The number of H-pyrrole nitrogens is 1. The Hall–Kier alpha value is -2.31. The second-order valence-electron chi connectivity index (χ2n) is 9.01. The van der Waals surface area contributed by atoms with E-state index in [-0.39, 0.29) is 29.7 Å². The normalized spacial score (nSPS) is 24.3. The molecule has 1 aliphatic heterocycles. The predicted molar refractivity (Wildman–Crippen MR) is 127 cm³/mol. The molecule has 3 heterocycles. The Kier molecular flexibility index (Phi) is 5.99. The fourth-order valence-electron chi connectivity index (χ4n) is 5.89. The second kappa shape index (κ2) is 8.91. The standard InChI is InChI=1S/C25H27ClN2O3S/c26-19-7-2-8-20-24(19)18(14-27-20)17(22-10-4-12-32-22)13-23(29)28-11-3-6-15-16(25(30)31)5-1-9-21(15)28/h2,4,7-8,10,12,14-17,21,27H,1,3,5-6,9,11,13H2,(H,30,31). The number of hydrogen-bond donors (Lipinski definition) is 2. The highest BCUT2D eigenvalue weighted by Gasteiger charge is 2.43. The quantitative estimate of drug-likeness (QED) is 0.487. The molecule has 5 nitrogen and oxygen atoms in total. The molecule has 5 rings (SSSR count). The molecule has 4 unspecified atom stereocenters. The molecule has 1 aliphatic carbocycles. The maximum absolute atomic E-state index is 13.7. The minimum atomic E-state index is -0.709. The first kappa shape index (κ1) is 21.5. The van der Waals surface area contributed by atoms with E-state index < -0.39 is 5.97 Å². The Morgan fingerprint density at radius 1 is 1.19 bits per heavy atom. The number of carbonyl (C=O) groups is 2. The van der Waals surface area contributed by atoms with Crippen molar-refractivity contribution >= 4 is 45.7 Å². The van der Waals surface area contributed by atoms with Crippen LogP contribution in [-0.2, 0) is 9.59 Å². The smallest absolute Gasteiger partial charge is 0.306 e. The number of aromatic nitrogens is 1. The van der Waals surface area contributed by atoms with Crippen molar-refractivity contribution in [3.05, 3.63) is 57.4 Å². The fraction of sp³-hybridized carbons (Fsp3) is 0.440. The molecule has 2 N–H and O–H groups in total. The zero-order chi connectivity index (χ0) is 22.2. The summed E-state index contributed by atoms with van der Waals surface area (Å²) in [6, 6.07) is 9.95. The molecule has 168 valence electrons. The van der Waals surface area contributed by atoms with Gasteiger partial charge < -0.3 is 15.0 Å². The van der Waals surface area contributed by atoms with E-state index in [1.807, 2.05) is 40.7 Å². The third-order valence-electron chi connectivity index (χ3n) is 7.33. The second-order valence-corrected chi connectivity index (χ2v) is 10.4. The molecule has 0 bridgehead atoms. The first-order valence-electron chi connectivity index (χ1n) is 11.4. The summed E-state index contributed by atoms with van der Waals surface area (Å²) in [5.74, 6) is -0.939. The van der Waals surface area contributed by atoms with Gasteiger partial charge in [-0.25, -0.2) is 0 Å². The lowest BCUT2D eigenvalue weighted by molar-refractivity contribution is -0.152. The van der Waals surface area contributed by atoms with Crippen LogP contribution >= 0.6 is 22.9 Å². The molecule has 0 spiro atoms. The summed E-state index contributed by atoms with van der Waals surface area (Å²) in [4.78, 5) is 32.0. The number of carboxylic acids is 1. The van der Waals surface area contributed by atoms with Crippen LogP contribution in [0.15, 0.2) is 41.9 Å². The van der Waals surface area contributed by atoms with E-state index >= 15 is 0 Å². The number of amides is 1. The lowest BCUT2D eigenvalue weighted by atomic mass is 9.71. The molecule has 1 saturated heterocycles. The molecule has 2 aliphatic rings. The number of aliphatic carboxylic acids is 1. The lowest BCUT2D eigenvalue weighted by Gasteiger charge is -2.46. The largest absolute Gasteiger partial charge is 0.481 e. The van der Waals surface area contributed by atoms with Crippen molar-refractivity contribution in [2.24, 2.45) is 11.8 Å². The maximum Gasteiger partial charge on any atom is 0.306 e. The van der Waals surface area contributed by atoms with Crippen LogP contribution in [0.1, 0.15) is 54.9 Å². The number of carboxylic acid groups (broad SMARTS) is 1. The van der Waals surface area contributed by atoms with E-state index in [1.54, 1.807) is 11.3 Å². The topological polar surface area (TPSA) is 73.4 Å². The minimum Gasteiger partial charge on any atom is -0.481 e. The Labute approximate surface area is 196 Å². The number of likely N-dealkylation sites (tertiary alicyclic amines) is 1. The number of nitrogens with one attached hydrogen (secondary N) is 1. The van der Waals surface area contributed by atoms with Crippen LogP contribution in [0.4, 0.5) is 0 Å². The third-order valence-corrected chi connectivity index (χ3v) is 8.63. The van der Waals surface area contributed by atoms with Gasteiger partial charge in [0, 0.05) is 46.9 Å². The van der Waals surface area contributed by atoms with Gasteiger partial charge in [-0.2, -0.15) is 0 Å². The van der Waals surface area contributed by atoms with E-state index in [9.17, 15) is 14.7 Å². The maximum atomic E-state index is 13.7. The highest BCUT2D eigenvalue weighted by atomic mass is 35.5. The molecule has 32 heavy (non-hydrogen) atoms. The van der Waals surface area contributed by atoms with Gasteiger partial charge in [-0.15, -0.1) is 11.3 Å². The lowest BCUT2D eigenvalue weighted by Crippen LogP contribution is -2.53. The summed E-state index contributed by atoms with van der Waals surface area (Å²) >= 11 is 8.22. The Morgan fingerprint density at radius 2 is 2.06 bits per heavy atom. The zero-order valence-corrected chi connectivity index (χ0v) is 19.4. The molecule has 7 heteroatoms. The van der Waals surface area contributed by atoms with Crippen LogP contribution < -0.4 is 0 Å². The van der Waals surface area contributed by atoms with Crippen molar-refractivity contribution in [1.29, 1.82) is 0 Å². The van der Waals surface area contributed by atoms with Crippen LogP contribution in [0.25, 0.3) is 10.9 Å². The highest BCUT2D eigenvalue weighted by molar-refractivity contribution is 7.10. The molecule has 1 amide bonds. The SMILES string of the molecule is O=C(O)C1CCCC2C1CCCN2C(=O)CC(c1cccs1)c1c[nH]c2cccc(Cl)c12. The van der Waals surface area contributed by atoms with E-state index in [0.29, 0.717) is 11.4 Å². The average molecular weight is 471 g/mol. The number of aromatic amines is 1. The van der Waals surface area contributed by atoms with Crippen molar-refractivity contribution in [2.45, 2.75) is 50.5 Å². The van der Waals surface area contributed by atoms with Crippen LogP contribution in [0.3, 0.4) is 0 Å². The van der Waals surface area contributed by atoms with Gasteiger partial charge in [-0.1, -0.05) is 30.2 Å². The molecule has 0 radical (unpaired) electrons. The summed E-state index contributed by atoms with van der Waals surface area (Å²) in [6.07, 6.45) is 6.62. The molecule has 3 aromatic rings. The van der Waals surface area contributed by atoms with Gasteiger partial charge in [-0.05, 0) is 60.7 Å². The van der Waals surface area contributed by atoms with Crippen molar-refractivity contribution in [1.82, 2.24) is 9.88 Å². The molecule has 4 atom stereocenters. The van der Waals surface area contributed by atoms with Gasteiger partial charge in [0.1, 0.15) is 0 Å². The summed E-state index contributed by atoms with van der Waals surface area (Å²) in [7, 11) is 0. The van der Waals surface area contributed by atoms with E-state index in [2.05, 4.69) is 11.1 Å². The Balaban J connectivity index is 1.45. The Bertz CT molecular complexity index is 1130. The predicted octanol–water partition coefficient (Wildman–Crippen LogP) is 5.90. The number of hydrogen-bond acceptors (Lipinski definition) is 3. The van der Waals surface area contributed by atoms with Crippen molar-refractivity contribution in [2.75, 3.05) is 6.54 Å². The number of halogens is 1. The van der Waals surface area contributed by atoms with E-state index in [0.717, 1.165) is 60.0 Å². The summed E-state index contributed by atoms with van der Waals surface area (Å²) in [5, 5.41) is 13.4. The number of benzene rings is 1. The molecule has 2 fully saturated rings. The number of fused-ring (bicyclic) bond motifs is 2. The van der Waals surface area contributed by atoms with Crippen molar-refractivity contribution in [3.8, 4) is 0 Å². The van der Waals surface area contributed by atoms with Crippen LogP contribution in [0.2, 0.25) is 5.02 Å². The summed E-state index contributed by atoms with van der Waals surface area (Å²) in [5.41, 5.74) is 2.01. The number of rotatable bonds is 5. The average Bonchev–Trinajstić information content (AvgIpc) is 3.47. The van der Waals surface area contributed by atoms with E-state index in [1.165, 1.54) is 0 Å². The molecular weight excluding hydrogens is 444 g/mol. The third kappa shape index (κ3) is 3.84.